The molecule has 0 saturated carbocycles. The summed E-state index contributed by atoms with van der Waals surface area (Å²) in [6, 6.07) is 4.00. The average Bonchev–Trinajstić information content (AvgIpc) is 3.36. The van der Waals surface area contributed by atoms with Gasteiger partial charge in [-0.05, 0) is 57.5 Å². The molecule has 6 nitrogen and oxygen atoms in total. The Balaban J connectivity index is 1.38. The number of nitrogens with one attached hydrogen (secondary N) is 1. The largest absolute Gasteiger partial charge is 0.468 e. The first-order valence-electron chi connectivity index (χ1n) is 10.0. The number of amides is 1. The summed E-state index contributed by atoms with van der Waals surface area (Å²) in [4.78, 5) is 26.0. The number of thioether (sulfide) groups is 1. The highest BCUT2D eigenvalue weighted by atomic mass is 32.2. The highest BCUT2D eigenvalue weighted by Crippen LogP contribution is 2.34. The van der Waals surface area contributed by atoms with Crippen LogP contribution in [0.25, 0.3) is 10.2 Å². The van der Waals surface area contributed by atoms with Crippen LogP contribution < -0.4 is 5.32 Å². The van der Waals surface area contributed by atoms with E-state index in [1.54, 1.807) is 23.9 Å². The van der Waals surface area contributed by atoms with Crippen LogP contribution in [-0.4, -0.2) is 46.2 Å². The minimum Gasteiger partial charge on any atom is -0.468 e. The van der Waals surface area contributed by atoms with Crippen LogP contribution in [0.4, 0.5) is 0 Å². The van der Waals surface area contributed by atoms with Crippen LogP contribution in [0.3, 0.4) is 0 Å². The Kier molecular flexibility index (Phi) is 6.52. The van der Waals surface area contributed by atoms with Gasteiger partial charge >= 0.3 is 0 Å². The average molecular weight is 431 g/mol. The van der Waals surface area contributed by atoms with Crippen LogP contribution in [0.1, 0.15) is 41.5 Å². The lowest BCUT2D eigenvalue weighted by Crippen LogP contribution is -2.40. The summed E-state index contributed by atoms with van der Waals surface area (Å²) < 4.78 is 5.66. The molecule has 1 atom stereocenters. The van der Waals surface area contributed by atoms with E-state index in [0.717, 1.165) is 34.1 Å². The van der Waals surface area contributed by atoms with Gasteiger partial charge in [0.05, 0.1) is 18.1 Å². The van der Waals surface area contributed by atoms with Gasteiger partial charge in [0.1, 0.15) is 21.9 Å². The summed E-state index contributed by atoms with van der Waals surface area (Å²) in [6.45, 7) is 6.84. The van der Waals surface area contributed by atoms with Crippen molar-refractivity contribution < 1.29 is 9.21 Å². The quantitative estimate of drug-likeness (QED) is 0.444. The van der Waals surface area contributed by atoms with E-state index in [9.17, 15) is 4.79 Å². The van der Waals surface area contributed by atoms with Crippen molar-refractivity contribution in [1.29, 1.82) is 0 Å². The van der Waals surface area contributed by atoms with Gasteiger partial charge in [0.2, 0.25) is 5.91 Å². The number of aryl methyl sites for hydroxylation is 2. The van der Waals surface area contributed by atoms with Gasteiger partial charge in [-0.15, -0.1) is 11.3 Å². The van der Waals surface area contributed by atoms with Gasteiger partial charge in [-0.2, -0.15) is 0 Å². The summed E-state index contributed by atoms with van der Waals surface area (Å²) in [5.74, 6) is 1.27. The van der Waals surface area contributed by atoms with Crippen molar-refractivity contribution in [2.24, 2.45) is 0 Å². The molecule has 29 heavy (non-hydrogen) atoms. The molecule has 0 aliphatic carbocycles. The zero-order valence-electron chi connectivity index (χ0n) is 16.8. The Hall–Kier alpha value is -1.90. The first kappa shape index (κ1) is 20.4. The van der Waals surface area contributed by atoms with Crippen molar-refractivity contribution >= 4 is 39.2 Å². The third-order valence-electron chi connectivity index (χ3n) is 5.47. The van der Waals surface area contributed by atoms with E-state index in [2.05, 4.69) is 34.0 Å². The SMILES string of the molecule is Cc1sc2ncnc(SCC(=O)NCC(c3ccco3)N3CCCCC3)c2c1C. The molecule has 1 amide bonds. The molecule has 3 aromatic heterocycles. The van der Waals surface area contributed by atoms with Gasteiger partial charge in [-0.25, -0.2) is 9.97 Å². The van der Waals surface area contributed by atoms with Gasteiger partial charge in [0, 0.05) is 16.8 Å². The highest BCUT2D eigenvalue weighted by Gasteiger charge is 2.25. The highest BCUT2D eigenvalue weighted by molar-refractivity contribution is 8.00. The zero-order valence-corrected chi connectivity index (χ0v) is 18.4. The molecule has 0 radical (unpaired) electrons. The first-order chi connectivity index (χ1) is 14.1. The van der Waals surface area contributed by atoms with Crippen LogP contribution in [0.2, 0.25) is 0 Å². The lowest BCUT2D eigenvalue weighted by Gasteiger charge is -2.33. The molecule has 0 aromatic carbocycles. The topological polar surface area (TPSA) is 71.3 Å². The number of aromatic nitrogens is 2. The van der Waals surface area contributed by atoms with Gasteiger partial charge < -0.3 is 9.73 Å². The van der Waals surface area contributed by atoms with Crippen molar-refractivity contribution in [3.63, 3.8) is 0 Å². The molecule has 1 N–H and O–H groups in total. The molecule has 0 spiro atoms. The number of carbonyl (C=O) groups is 1. The Bertz CT molecular complexity index is 965. The zero-order chi connectivity index (χ0) is 20.2. The number of fused-ring (bicyclic) bond motifs is 1. The number of piperidine rings is 1. The number of thiophene rings is 1. The van der Waals surface area contributed by atoms with Crippen molar-refractivity contribution in [3.8, 4) is 0 Å². The fraction of sp³-hybridized carbons (Fsp3) is 0.476. The normalized spacial score (nSPS) is 16.2. The third kappa shape index (κ3) is 4.65. The summed E-state index contributed by atoms with van der Waals surface area (Å²) in [6.07, 6.45) is 6.96. The van der Waals surface area contributed by atoms with Crippen molar-refractivity contribution in [1.82, 2.24) is 20.2 Å². The number of hydrogen-bond donors (Lipinski definition) is 1. The summed E-state index contributed by atoms with van der Waals surface area (Å²) in [5, 5.41) is 5.06. The van der Waals surface area contributed by atoms with Gasteiger partial charge in [-0.1, -0.05) is 18.2 Å². The lowest BCUT2D eigenvalue weighted by molar-refractivity contribution is -0.118. The van der Waals surface area contributed by atoms with E-state index >= 15 is 0 Å². The Morgan fingerprint density at radius 1 is 1.31 bits per heavy atom. The minimum atomic E-state index is 0.0138. The lowest BCUT2D eigenvalue weighted by atomic mass is 10.1. The number of carbonyl (C=O) groups excluding carboxylic acids is 1. The van der Waals surface area contributed by atoms with E-state index in [4.69, 9.17) is 4.42 Å². The number of rotatable bonds is 7. The second kappa shape index (κ2) is 9.28. The van der Waals surface area contributed by atoms with Gasteiger partial charge in [0.25, 0.3) is 0 Å². The minimum absolute atomic E-state index is 0.0138. The van der Waals surface area contributed by atoms with Crippen molar-refractivity contribution in [2.75, 3.05) is 25.4 Å². The first-order valence-corrected chi connectivity index (χ1v) is 11.8. The van der Waals surface area contributed by atoms with Crippen LogP contribution in [0, 0.1) is 13.8 Å². The number of furan rings is 1. The third-order valence-corrected chi connectivity index (χ3v) is 7.57. The summed E-state index contributed by atoms with van der Waals surface area (Å²) in [5.41, 5.74) is 1.21. The Morgan fingerprint density at radius 2 is 2.14 bits per heavy atom. The van der Waals surface area contributed by atoms with E-state index in [0.29, 0.717) is 12.3 Å². The number of hydrogen-bond acceptors (Lipinski definition) is 7. The van der Waals surface area contributed by atoms with E-state index in [1.165, 1.54) is 41.5 Å². The summed E-state index contributed by atoms with van der Waals surface area (Å²) in [7, 11) is 0. The van der Waals surface area contributed by atoms with Crippen LogP contribution in [0.5, 0.6) is 0 Å². The number of likely N-dealkylation sites (tertiary alicyclic amines) is 1. The predicted molar refractivity (Wildman–Crippen MR) is 117 cm³/mol. The monoisotopic (exact) mass is 430 g/mol. The Morgan fingerprint density at radius 3 is 2.90 bits per heavy atom. The van der Waals surface area contributed by atoms with Gasteiger partial charge in [0.15, 0.2) is 0 Å². The van der Waals surface area contributed by atoms with E-state index in [-0.39, 0.29) is 11.9 Å². The van der Waals surface area contributed by atoms with Crippen molar-refractivity contribution in [3.05, 3.63) is 40.9 Å². The smallest absolute Gasteiger partial charge is 0.230 e. The molecule has 4 heterocycles. The predicted octanol–water partition coefficient (Wildman–Crippen LogP) is 4.34. The fourth-order valence-corrected chi connectivity index (χ4v) is 5.72. The fourth-order valence-electron chi connectivity index (χ4n) is 3.78. The molecule has 3 aromatic rings. The molecule has 1 saturated heterocycles. The maximum atomic E-state index is 12.6. The second-order valence-electron chi connectivity index (χ2n) is 7.36. The standard InChI is InChI=1S/C21H26N4O2S2/c1-14-15(2)29-21-19(14)20(23-13-24-21)28-12-18(26)22-11-16(17-7-6-10-27-17)25-8-4-3-5-9-25/h6-7,10,13,16H,3-5,8-9,11-12H2,1-2H3,(H,22,26). The molecule has 1 fully saturated rings. The molecule has 1 aliphatic heterocycles. The Labute approximate surface area is 179 Å². The van der Waals surface area contributed by atoms with E-state index < -0.39 is 0 Å². The molecule has 1 unspecified atom stereocenters. The molecule has 1 aliphatic rings. The molecular formula is C21H26N4O2S2. The molecule has 4 rings (SSSR count). The second-order valence-corrected chi connectivity index (χ2v) is 9.53. The van der Waals surface area contributed by atoms with Crippen LogP contribution >= 0.6 is 23.1 Å². The maximum absolute atomic E-state index is 12.6. The molecule has 0 bridgehead atoms. The van der Waals surface area contributed by atoms with Crippen LogP contribution in [0.15, 0.2) is 34.2 Å². The summed E-state index contributed by atoms with van der Waals surface area (Å²) >= 11 is 3.15. The molecule has 154 valence electrons. The van der Waals surface area contributed by atoms with Crippen molar-refractivity contribution in [2.45, 2.75) is 44.2 Å². The van der Waals surface area contributed by atoms with Crippen LogP contribution in [-0.2, 0) is 4.79 Å². The van der Waals surface area contributed by atoms with Gasteiger partial charge in [-0.3, -0.25) is 9.69 Å². The maximum Gasteiger partial charge on any atom is 0.230 e. The molecule has 8 heteroatoms. The van der Waals surface area contributed by atoms with E-state index in [1.807, 2.05) is 12.1 Å². The number of nitrogens with zero attached hydrogens (tertiary/aromatic N) is 3. The molecular weight excluding hydrogens is 404 g/mol.